The summed E-state index contributed by atoms with van der Waals surface area (Å²) >= 11 is 1.93. The zero-order chi connectivity index (χ0) is 21.4. The lowest BCUT2D eigenvalue weighted by molar-refractivity contribution is -0.140. The lowest BCUT2D eigenvalue weighted by Gasteiger charge is -2.38. The van der Waals surface area contributed by atoms with Crippen LogP contribution < -0.4 is 0 Å². The van der Waals surface area contributed by atoms with Crippen molar-refractivity contribution in [3.8, 4) is 0 Å². The van der Waals surface area contributed by atoms with Gasteiger partial charge in [-0.05, 0) is 50.0 Å². The second kappa shape index (κ2) is 8.75. The van der Waals surface area contributed by atoms with Crippen molar-refractivity contribution >= 4 is 33.5 Å². The summed E-state index contributed by atoms with van der Waals surface area (Å²) in [6.45, 7) is 2.80. The molecule has 2 atom stereocenters. The van der Waals surface area contributed by atoms with Gasteiger partial charge in [-0.25, -0.2) is 0 Å². The fourth-order valence-electron chi connectivity index (χ4n) is 5.08. The summed E-state index contributed by atoms with van der Waals surface area (Å²) in [6, 6.07) is 7.31. The van der Waals surface area contributed by atoms with Crippen molar-refractivity contribution in [2.24, 2.45) is 10.3 Å². The zero-order valence-electron chi connectivity index (χ0n) is 17.6. The first kappa shape index (κ1) is 21.3. The van der Waals surface area contributed by atoms with Gasteiger partial charge in [-0.2, -0.15) is 20.2 Å². The highest BCUT2D eigenvalue weighted by Crippen LogP contribution is 2.32. The van der Waals surface area contributed by atoms with Crippen molar-refractivity contribution < 1.29 is 17.9 Å². The molecule has 0 aliphatic carbocycles. The second-order valence-corrected chi connectivity index (χ2v) is 11.5. The monoisotopic (exact) mass is 463 g/mol. The van der Waals surface area contributed by atoms with Crippen LogP contribution in [-0.4, -0.2) is 79.9 Å². The molecule has 9 heteroatoms. The lowest BCUT2D eigenvalue weighted by atomic mass is 9.93. The highest BCUT2D eigenvalue weighted by Gasteiger charge is 2.38. The number of rotatable bonds is 4. The average molecular weight is 464 g/mol. The van der Waals surface area contributed by atoms with Crippen LogP contribution >= 0.6 is 11.8 Å². The largest absolute Gasteiger partial charge is 0.376 e. The van der Waals surface area contributed by atoms with E-state index in [1.807, 2.05) is 28.8 Å². The van der Waals surface area contributed by atoms with E-state index in [1.165, 1.54) is 0 Å². The van der Waals surface area contributed by atoms with Gasteiger partial charge in [0.1, 0.15) is 4.90 Å². The molecular weight excluding hydrogens is 434 g/mol. The number of carbonyl (C=O) groups excluding carboxylic acids is 1. The standard InChI is InChI=1S/C22H29N3O4S2/c26-22(25(17-9-13-30-15-17)14-18-4-3-12-29-18)16-7-10-24(11-8-16)21-19-5-1-2-6-20(19)31(27,28)23-21/h1-2,5-6,16-18H,3-4,7-15H2. The second-order valence-electron chi connectivity index (χ2n) is 8.79. The van der Waals surface area contributed by atoms with E-state index in [9.17, 15) is 13.2 Å². The van der Waals surface area contributed by atoms with E-state index in [-0.39, 0.29) is 22.8 Å². The molecule has 2 unspecified atom stereocenters. The summed E-state index contributed by atoms with van der Waals surface area (Å²) in [4.78, 5) is 17.9. The van der Waals surface area contributed by atoms with Crippen LogP contribution in [0, 0.1) is 5.92 Å². The molecule has 1 amide bonds. The molecule has 3 saturated heterocycles. The molecule has 0 radical (unpaired) electrons. The zero-order valence-corrected chi connectivity index (χ0v) is 19.2. The number of sulfonamides is 1. The minimum atomic E-state index is -3.62. The van der Waals surface area contributed by atoms with E-state index < -0.39 is 10.0 Å². The number of amidine groups is 1. The van der Waals surface area contributed by atoms with Gasteiger partial charge in [0.2, 0.25) is 5.91 Å². The van der Waals surface area contributed by atoms with E-state index in [0.717, 1.165) is 50.2 Å². The first-order chi connectivity index (χ1) is 15.0. The molecule has 168 valence electrons. The first-order valence-electron chi connectivity index (χ1n) is 11.2. The molecule has 0 spiro atoms. The van der Waals surface area contributed by atoms with Crippen LogP contribution in [-0.2, 0) is 19.6 Å². The number of piperidine rings is 1. The molecule has 0 saturated carbocycles. The third kappa shape index (κ3) is 4.24. The van der Waals surface area contributed by atoms with Gasteiger partial charge >= 0.3 is 0 Å². The highest BCUT2D eigenvalue weighted by atomic mass is 32.2. The minimum absolute atomic E-state index is 0.0166. The number of carbonyl (C=O) groups is 1. The van der Waals surface area contributed by atoms with Crippen molar-refractivity contribution in [3.05, 3.63) is 29.8 Å². The summed E-state index contributed by atoms with van der Waals surface area (Å²) in [5.41, 5.74) is 0.676. The van der Waals surface area contributed by atoms with Crippen molar-refractivity contribution in [2.45, 2.75) is 49.1 Å². The van der Waals surface area contributed by atoms with E-state index in [4.69, 9.17) is 4.74 Å². The van der Waals surface area contributed by atoms with Gasteiger partial charge in [0, 0.05) is 49.5 Å². The Morgan fingerprint density at radius 1 is 1.19 bits per heavy atom. The fourth-order valence-corrected chi connectivity index (χ4v) is 7.54. The third-order valence-corrected chi connectivity index (χ3v) is 9.28. The Hall–Kier alpha value is -1.58. The maximum Gasteiger partial charge on any atom is 0.285 e. The van der Waals surface area contributed by atoms with Crippen molar-refractivity contribution in [1.82, 2.24) is 9.80 Å². The van der Waals surface area contributed by atoms with Gasteiger partial charge in [-0.3, -0.25) is 4.79 Å². The number of nitrogens with zero attached hydrogens (tertiary/aromatic N) is 3. The minimum Gasteiger partial charge on any atom is -0.376 e. The van der Waals surface area contributed by atoms with Crippen molar-refractivity contribution in [1.29, 1.82) is 0 Å². The molecule has 7 nitrogen and oxygen atoms in total. The Morgan fingerprint density at radius 3 is 2.71 bits per heavy atom. The lowest BCUT2D eigenvalue weighted by Crippen LogP contribution is -2.50. The maximum atomic E-state index is 13.5. The predicted molar refractivity (Wildman–Crippen MR) is 121 cm³/mol. The molecule has 3 fully saturated rings. The van der Waals surface area contributed by atoms with Gasteiger partial charge in [-0.1, -0.05) is 12.1 Å². The summed E-state index contributed by atoms with van der Waals surface area (Å²) < 4.78 is 34.7. The number of thioether (sulfide) groups is 1. The average Bonchev–Trinajstić information content (AvgIpc) is 3.54. The molecule has 4 heterocycles. The van der Waals surface area contributed by atoms with E-state index >= 15 is 0 Å². The normalized spacial score (nSPS) is 27.9. The molecule has 1 aromatic carbocycles. The topological polar surface area (TPSA) is 79.3 Å². The van der Waals surface area contributed by atoms with Crippen LogP contribution in [0.4, 0.5) is 0 Å². The van der Waals surface area contributed by atoms with E-state index in [1.54, 1.807) is 12.1 Å². The molecule has 0 N–H and O–H groups in total. The van der Waals surface area contributed by atoms with Gasteiger partial charge in [-0.15, -0.1) is 4.40 Å². The van der Waals surface area contributed by atoms with Crippen LogP contribution in [0.25, 0.3) is 0 Å². The number of likely N-dealkylation sites (tertiary alicyclic amines) is 1. The number of hydrogen-bond acceptors (Lipinski definition) is 6. The summed E-state index contributed by atoms with van der Waals surface area (Å²) in [5, 5.41) is 0. The first-order valence-corrected chi connectivity index (χ1v) is 13.8. The predicted octanol–water partition coefficient (Wildman–Crippen LogP) is 2.36. The van der Waals surface area contributed by atoms with Gasteiger partial charge in [0.25, 0.3) is 10.0 Å². The summed E-state index contributed by atoms with van der Waals surface area (Å²) in [6.07, 6.45) is 4.80. The SMILES string of the molecule is O=C(C1CCN(C2=NS(=O)(=O)c3ccccc32)CC1)N(CC1CCCO1)C1CCSC1. The Balaban J connectivity index is 1.26. The molecule has 5 rings (SSSR count). The Morgan fingerprint density at radius 2 is 2.00 bits per heavy atom. The quantitative estimate of drug-likeness (QED) is 0.682. The van der Waals surface area contributed by atoms with E-state index in [0.29, 0.717) is 37.1 Å². The van der Waals surface area contributed by atoms with Crippen LogP contribution in [0.5, 0.6) is 0 Å². The summed E-state index contributed by atoms with van der Waals surface area (Å²) in [7, 11) is -3.62. The van der Waals surface area contributed by atoms with Crippen LogP contribution in [0.2, 0.25) is 0 Å². The molecule has 4 aliphatic heterocycles. The smallest absolute Gasteiger partial charge is 0.285 e. The molecule has 0 bridgehead atoms. The number of amides is 1. The molecule has 1 aromatic rings. The Labute approximate surface area is 188 Å². The van der Waals surface area contributed by atoms with Crippen LogP contribution in [0.15, 0.2) is 33.6 Å². The number of fused-ring (bicyclic) bond motifs is 1. The number of hydrogen-bond donors (Lipinski definition) is 0. The molecule has 4 aliphatic rings. The highest BCUT2D eigenvalue weighted by molar-refractivity contribution is 7.99. The van der Waals surface area contributed by atoms with E-state index in [2.05, 4.69) is 9.30 Å². The van der Waals surface area contributed by atoms with Crippen molar-refractivity contribution in [2.75, 3.05) is 37.7 Å². The molecule has 31 heavy (non-hydrogen) atoms. The van der Waals surface area contributed by atoms with Crippen LogP contribution in [0.1, 0.15) is 37.7 Å². The summed E-state index contributed by atoms with van der Waals surface area (Å²) in [5.74, 6) is 2.90. The third-order valence-electron chi connectivity index (χ3n) is 6.81. The number of ether oxygens (including phenoxy) is 1. The molecule has 0 aromatic heterocycles. The molecular formula is C22H29N3O4S2. The Bertz CT molecular complexity index is 961. The van der Waals surface area contributed by atoms with Gasteiger partial charge in [0.05, 0.1) is 6.10 Å². The fraction of sp³-hybridized carbons (Fsp3) is 0.636. The van der Waals surface area contributed by atoms with Crippen LogP contribution in [0.3, 0.4) is 0 Å². The maximum absolute atomic E-state index is 13.5. The van der Waals surface area contributed by atoms with Crippen molar-refractivity contribution in [3.63, 3.8) is 0 Å². The Kier molecular flexibility index (Phi) is 6.00. The van der Waals surface area contributed by atoms with Gasteiger partial charge < -0.3 is 14.5 Å². The number of benzene rings is 1. The van der Waals surface area contributed by atoms with Gasteiger partial charge in [0.15, 0.2) is 5.84 Å².